The van der Waals surface area contributed by atoms with Crippen molar-refractivity contribution < 1.29 is 24.2 Å². The summed E-state index contributed by atoms with van der Waals surface area (Å²) in [5.74, 6) is 0.474. The molecule has 3 aromatic carbocycles. The van der Waals surface area contributed by atoms with E-state index in [0.717, 1.165) is 0 Å². The molecule has 0 saturated heterocycles. The zero-order valence-corrected chi connectivity index (χ0v) is 24.2. The zero-order chi connectivity index (χ0) is 24.0. The molecule has 0 bridgehead atoms. The molecule has 0 aliphatic heterocycles. The fourth-order valence-electron chi connectivity index (χ4n) is 4.47. The van der Waals surface area contributed by atoms with Crippen LogP contribution < -0.4 is 0 Å². The first kappa shape index (κ1) is 25.2. The zero-order valence-electron chi connectivity index (χ0n) is 21.7. The van der Waals surface area contributed by atoms with Gasteiger partial charge in [-0.3, -0.25) is 0 Å². The van der Waals surface area contributed by atoms with Crippen LogP contribution in [0.5, 0.6) is 0 Å². The van der Waals surface area contributed by atoms with Gasteiger partial charge < -0.3 is 0 Å². The van der Waals surface area contributed by atoms with Crippen LogP contribution in [0, 0.1) is 5.92 Å². The standard InChI is InChI=1S/C28H33.C3H6.Zr/c1-17-11-18(2)22(12-17)25-15-21(28(6,7)8)16-26-23-14-20(27(3,4)5)10-9-19(23)13-24(25)26;1-3-2;/h9-16,18H,1-8H3;1-2H3;/q-1;;. The second kappa shape index (κ2) is 9.06. The van der Waals surface area contributed by atoms with E-state index in [0.29, 0.717) is 5.92 Å². The molecule has 1 aliphatic rings. The van der Waals surface area contributed by atoms with E-state index >= 15 is 0 Å². The Hall–Kier alpha value is -1.46. The van der Waals surface area contributed by atoms with Crippen LogP contribution in [0.3, 0.4) is 0 Å². The van der Waals surface area contributed by atoms with Crippen molar-refractivity contribution in [3.05, 3.63) is 70.8 Å². The Kier molecular flexibility index (Phi) is 7.13. The number of rotatable bonds is 1. The minimum absolute atomic E-state index is 0.124. The molecule has 0 spiro atoms. The molecule has 1 atom stereocenters. The summed E-state index contributed by atoms with van der Waals surface area (Å²) in [6.07, 6.45) is 4.76. The fourth-order valence-corrected chi connectivity index (χ4v) is 4.47. The SMILES string of the molecule is CC1=CC(C)C(c2cc(C(C)(C)C)cc3c2[cH-]c2ccc(C(C)(C)C)cc23)=C1.C[C](C)=[Zr]. The summed E-state index contributed by atoms with van der Waals surface area (Å²) >= 11 is 1.55. The Morgan fingerprint density at radius 3 is 1.94 bits per heavy atom. The Bertz CT molecular complexity index is 1230. The van der Waals surface area contributed by atoms with Crippen LogP contribution in [-0.2, 0) is 35.1 Å². The number of fused-ring (bicyclic) bond motifs is 3. The molecule has 0 radical (unpaired) electrons. The Balaban J connectivity index is 0.000000668. The quantitative estimate of drug-likeness (QED) is 0.291. The van der Waals surface area contributed by atoms with Crippen molar-refractivity contribution in [2.75, 3.05) is 0 Å². The topological polar surface area (TPSA) is 0 Å². The molecule has 0 nitrogen and oxygen atoms in total. The van der Waals surface area contributed by atoms with Gasteiger partial charge in [0.15, 0.2) is 0 Å². The third-order valence-electron chi connectivity index (χ3n) is 6.25. The van der Waals surface area contributed by atoms with Crippen LogP contribution in [0.25, 0.3) is 27.1 Å². The van der Waals surface area contributed by atoms with Gasteiger partial charge in [-0.1, -0.05) is 113 Å². The third kappa shape index (κ3) is 5.36. The molecule has 0 aromatic heterocycles. The monoisotopic (exact) mass is 501 g/mol. The predicted octanol–water partition coefficient (Wildman–Crippen LogP) is 9.03. The number of hydrogen-bond donors (Lipinski definition) is 0. The van der Waals surface area contributed by atoms with Gasteiger partial charge in [0.05, 0.1) is 0 Å². The average molecular weight is 503 g/mol. The van der Waals surface area contributed by atoms with Crippen molar-refractivity contribution in [1.29, 1.82) is 0 Å². The van der Waals surface area contributed by atoms with Gasteiger partial charge in [0.1, 0.15) is 0 Å². The second-order valence-electron chi connectivity index (χ2n) is 11.7. The maximum absolute atomic E-state index is 2.45. The van der Waals surface area contributed by atoms with E-state index in [4.69, 9.17) is 0 Å². The summed E-state index contributed by atoms with van der Waals surface area (Å²) in [7, 11) is 0. The molecule has 3 aromatic rings. The van der Waals surface area contributed by atoms with Gasteiger partial charge in [0, 0.05) is 0 Å². The first-order chi connectivity index (χ1) is 14.7. The van der Waals surface area contributed by atoms with Crippen molar-refractivity contribution >= 4 is 30.3 Å². The molecule has 4 rings (SSSR count). The summed E-state index contributed by atoms with van der Waals surface area (Å²) in [6, 6.07) is 14.3. The summed E-state index contributed by atoms with van der Waals surface area (Å²) in [5, 5.41) is 5.55. The van der Waals surface area contributed by atoms with E-state index in [1.54, 1.807) is 24.2 Å². The molecule has 0 N–H and O–H groups in total. The van der Waals surface area contributed by atoms with Gasteiger partial charge in [-0.05, 0) is 23.7 Å². The molecule has 1 heteroatoms. The molecular formula is C31H39Zr-. The number of hydrogen-bond acceptors (Lipinski definition) is 0. The Labute approximate surface area is 210 Å². The first-order valence-corrected chi connectivity index (χ1v) is 13.0. The van der Waals surface area contributed by atoms with Crippen molar-refractivity contribution in [2.45, 2.75) is 80.1 Å². The Morgan fingerprint density at radius 1 is 0.875 bits per heavy atom. The van der Waals surface area contributed by atoms with E-state index in [1.807, 2.05) is 0 Å². The van der Waals surface area contributed by atoms with Gasteiger partial charge in [0.25, 0.3) is 0 Å². The minimum atomic E-state index is 0.124. The van der Waals surface area contributed by atoms with Crippen molar-refractivity contribution in [2.24, 2.45) is 5.92 Å². The second-order valence-corrected chi connectivity index (χ2v) is 14.2. The molecule has 0 amide bonds. The van der Waals surface area contributed by atoms with Crippen molar-refractivity contribution in [1.82, 2.24) is 0 Å². The average Bonchev–Trinajstić information content (AvgIpc) is 3.17. The van der Waals surface area contributed by atoms with Crippen LogP contribution in [0.15, 0.2) is 54.1 Å². The van der Waals surface area contributed by atoms with Gasteiger partial charge >= 0.3 is 41.3 Å². The summed E-state index contributed by atoms with van der Waals surface area (Å²) < 4.78 is 1.51. The predicted molar refractivity (Wildman–Crippen MR) is 142 cm³/mol. The normalized spacial score (nSPS) is 16.6. The Morgan fingerprint density at radius 2 is 1.44 bits per heavy atom. The van der Waals surface area contributed by atoms with Gasteiger partial charge in [0.2, 0.25) is 0 Å². The number of benzene rings is 2. The van der Waals surface area contributed by atoms with Gasteiger partial charge in [-0.15, -0.1) is 33.7 Å². The molecule has 168 valence electrons. The first-order valence-electron chi connectivity index (χ1n) is 11.8. The van der Waals surface area contributed by atoms with Gasteiger partial charge in [-0.2, -0.15) is 0 Å². The van der Waals surface area contributed by atoms with E-state index in [1.165, 1.54) is 52.6 Å². The van der Waals surface area contributed by atoms with Crippen LogP contribution in [0.2, 0.25) is 0 Å². The van der Waals surface area contributed by atoms with E-state index in [9.17, 15) is 0 Å². The summed E-state index contributed by atoms with van der Waals surface area (Å²) in [4.78, 5) is 0. The molecule has 0 heterocycles. The maximum atomic E-state index is 2.45. The van der Waals surface area contributed by atoms with E-state index < -0.39 is 0 Å². The molecular weight excluding hydrogens is 464 g/mol. The van der Waals surface area contributed by atoms with Crippen molar-refractivity contribution in [3.8, 4) is 0 Å². The van der Waals surface area contributed by atoms with E-state index in [-0.39, 0.29) is 10.8 Å². The summed E-state index contributed by atoms with van der Waals surface area (Å²) in [5.41, 5.74) is 7.35. The van der Waals surface area contributed by atoms with Crippen LogP contribution in [0.4, 0.5) is 0 Å². The molecule has 1 aliphatic carbocycles. The fraction of sp³-hybridized carbons (Fsp3) is 0.419. The number of allylic oxidation sites excluding steroid dienone is 4. The molecule has 0 saturated carbocycles. The van der Waals surface area contributed by atoms with Crippen LogP contribution >= 0.6 is 0 Å². The molecule has 1 unspecified atom stereocenters. The van der Waals surface area contributed by atoms with Gasteiger partial charge in [-0.25, -0.2) is 0 Å². The summed E-state index contributed by atoms with van der Waals surface area (Å²) in [6.45, 7) is 22.6. The molecule has 0 fully saturated rings. The molecule has 32 heavy (non-hydrogen) atoms. The van der Waals surface area contributed by atoms with Crippen LogP contribution in [0.1, 0.15) is 85.9 Å². The van der Waals surface area contributed by atoms with Crippen LogP contribution in [-0.4, -0.2) is 3.21 Å². The van der Waals surface area contributed by atoms with Crippen molar-refractivity contribution in [3.63, 3.8) is 0 Å². The van der Waals surface area contributed by atoms with E-state index in [2.05, 4.69) is 118 Å². The third-order valence-corrected chi connectivity index (χ3v) is 6.25.